The minimum atomic E-state index is -0.125. The zero-order valence-electron chi connectivity index (χ0n) is 13.3. The molecule has 0 spiro atoms. The summed E-state index contributed by atoms with van der Waals surface area (Å²) < 4.78 is 5.69. The van der Waals surface area contributed by atoms with Crippen molar-refractivity contribution in [2.24, 2.45) is 5.92 Å². The zero-order chi connectivity index (χ0) is 15.4. The fourth-order valence-electron chi connectivity index (χ4n) is 3.40. The van der Waals surface area contributed by atoms with Gasteiger partial charge in [0.25, 0.3) is 0 Å². The van der Waals surface area contributed by atoms with Gasteiger partial charge < -0.3 is 14.6 Å². The van der Waals surface area contributed by atoms with Crippen LogP contribution in [0, 0.1) is 5.92 Å². The maximum atomic E-state index is 12.3. The van der Waals surface area contributed by atoms with E-state index in [1.165, 1.54) is 12.8 Å². The Morgan fingerprint density at radius 3 is 2.86 bits per heavy atom. The molecule has 2 fully saturated rings. The number of ether oxygens (including phenoxy) is 1. The van der Waals surface area contributed by atoms with Gasteiger partial charge in [-0.15, -0.1) is 0 Å². The minimum Gasteiger partial charge on any atom is -0.446 e. The second kappa shape index (κ2) is 7.13. The number of nitrogens with one attached hydrogen (secondary N) is 1. The number of hydrogen-bond acceptors (Lipinski definition) is 4. The van der Waals surface area contributed by atoms with Gasteiger partial charge in [0, 0.05) is 44.6 Å². The summed E-state index contributed by atoms with van der Waals surface area (Å²) in [5.74, 6) is 0.679. The average Bonchev–Trinajstić information content (AvgIpc) is 3.01. The number of carbonyl (C=O) groups excluding carboxylic acids is 1. The number of H-pyrrole nitrogens is 1. The van der Waals surface area contributed by atoms with E-state index >= 15 is 0 Å². The van der Waals surface area contributed by atoms with Gasteiger partial charge >= 0.3 is 6.09 Å². The predicted octanol–water partition coefficient (Wildman–Crippen LogP) is 2.24. The van der Waals surface area contributed by atoms with Crippen LogP contribution in [0.5, 0.6) is 0 Å². The Kier molecular flexibility index (Phi) is 4.97. The number of aromatic amines is 1. The van der Waals surface area contributed by atoms with Gasteiger partial charge in [-0.05, 0) is 25.2 Å². The molecular formula is C16H26N4O2. The summed E-state index contributed by atoms with van der Waals surface area (Å²) >= 11 is 0. The molecule has 122 valence electrons. The first-order valence-electron chi connectivity index (χ1n) is 8.36. The molecule has 1 N–H and O–H groups in total. The Labute approximate surface area is 131 Å². The molecule has 1 aromatic heterocycles. The van der Waals surface area contributed by atoms with Gasteiger partial charge in [0.15, 0.2) is 0 Å². The maximum absolute atomic E-state index is 12.3. The molecule has 0 radical (unpaired) electrons. The van der Waals surface area contributed by atoms with Crippen molar-refractivity contribution < 1.29 is 9.53 Å². The topological polar surface area (TPSA) is 61.5 Å². The Morgan fingerprint density at radius 1 is 1.36 bits per heavy atom. The molecule has 1 saturated heterocycles. The molecule has 2 heterocycles. The summed E-state index contributed by atoms with van der Waals surface area (Å²) in [4.78, 5) is 23.6. The molecule has 2 unspecified atom stereocenters. The Hall–Kier alpha value is -1.56. The van der Waals surface area contributed by atoms with E-state index in [1.807, 2.05) is 11.1 Å². The van der Waals surface area contributed by atoms with Gasteiger partial charge in [0.2, 0.25) is 0 Å². The Balaban J connectivity index is 1.41. The fourth-order valence-corrected chi connectivity index (χ4v) is 3.40. The highest BCUT2D eigenvalue weighted by atomic mass is 16.6. The second-order valence-corrected chi connectivity index (χ2v) is 6.62. The molecule has 1 aromatic rings. The lowest BCUT2D eigenvalue weighted by Crippen LogP contribution is -2.49. The van der Waals surface area contributed by atoms with Crippen LogP contribution in [0.4, 0.5) is 4.79 Å². The molecule has 0 bridgehead atoms. The molecule has 1 amide bonds. The van der Waals surface area contributed by atoms with E-state index in [0.29, 0.717) is 5.92 Å². The first-order chi connectivity index (χ1) is 10.7. The third-order valence-corrected chi connectivity index (χ3v) is 4.74. The monoisotopic (exact) mass is 306 g/mol. The van der Waals surface area contributed by atoms with E-state index in [4.69, 9.17) is 4.74 Å². The summed E-state index contributed by atoms with van der Waals surface area (Å²) in [7, 11) is 0. The number of rotatable bonds is 3. The highest BCUT2D eigenvalue weighted by molar-refractivity contribution is 5.68. The van der Waals surface area contributed by atoms with Crippen LogP contribution in [0.1, 0.15) is 38.3 Å². The number of hydrogen-bond donors (Lipinski definition) is 1. The van der Waals surface area contributed by atoms with Crippen molar-refractivity contribution >= 4 is 6.09 Å². The van der Waals surface area contributed by atoms with Crippen LogP contribution in [-0.4, -0.2) is 58.1 Å². The third kappa shape index (κ3) is 4.00. The first kappa shape index (κ1) is 15.3. The molecule has 6 heteroatoms. The van der Waals surface area contributed by atoms with Crippen molar-refractivity contribution in [3.8, 4) is 0 Å². The Morgan fingerprint density at radius 2 is 2.18 bits per heavy atom. The molecule has 3 rings (SSSR count). The van der Waals surface area contributed by atoms with Crippen molar-refractivity contribution in [3.63, 3.8) is 0 Å². The first-order valence-corrected chi connectivity index (χ1v) is 8.36. The van der Waals surface area contributed by atoms with Crippen LogP contribution < -0.4 is 0 Å². The predicted molar refractivity (Wildman–Crippen MR) is 83.3 cm³/mol. The van der Waals surface area contributed by atoms with Crippen molar-refractivity contribution in [1.82, 2.24) is 19.8 Å². The molecule has 2 aliphatic rings. The van der Waals surface area contributed by atoms with E-state index in [-0.39, 0.29) is 12.2 Å². The lowest BCUT2D eigenvalue weighted by atomic mass is 9.89. The Bertz CT molecular complexity index is 469. The van der Waals surface area contributed by atoms with Crippen LogP contribution in [0.3, 0.4) is 0 Å². The van der Waals surface area contributed by atoms with E-state index in [1.54, 1.807) is 6.33 Å². The second-order valence-electron chi connectivity index (χ2n) is 6.62. The zero-order valence-corrected chi connectivity index (χ0v) is 13.3. The van der Waals surface area contributed by atoms with E-state index in [0.717, 1.165) is 51.3 Å². The molecule has 0 aromatic carbocycles. The number of nitrogens with zero attached hydrogens (tertiary/aromatic N) is 3. The van der Waals surface area contributed by atoms with Crippen molar-refractivity contribution in [3.05, 3.63) is 18.2 Å². The standard InChI is InChI=1S/C16H26N4O2/c1-13-3-2-4-15(9-13)22-16(21)20-7-5-19(6-8-20)11-14-10-17-12-18-14/h10,12-13,15H,2-9,11H2,1H3,(H,17,18). The van der Waals surface area contributed by atoms with Crippen molar-refractivity contribution in [1.29, 1.82) is 0 Å². The number of imidazole rings is 1. The summed E-state index contributed by atoms with van der Waals surface area (Å²) in [6.45, 7) is 6.37. The molecule has 6 nitrogen and oxygen atoms in total. The largest absolute Gasteiger partial charge is 0.446 e. The van der Waals surface area contributed by atoms with E-state index in [9.17, 15) is 4.79 Å². The number of aromatic nitrogens is 2. The molecule has 1 saturated carbocycles. The summed E-state index contributed by atoms with van der Waals surface area (Å²) in [5.41, 5.74) is 1.12. The molecule has 2 atom stereocenters. The van der Waals surface area contributed by atoms with E-state index in [2.05, 4.69) is 21.8 Å². The minimum absolute atomic E-state index is 0.124. The number of carbonyl (C=O) groups is 1. The highest BCUT2D eigenvalue weighted by Gasteiger charge is 2.27. The van der Waals surface area contributed by atoms with Gasteiger partial charge in [0.05, 0.1) is 6.33 Å². The van der Waals surface area contributed by atoms with E-state index < -0.39 is 0 Å². The molecule has 1 aliphatic carbocycles. The van der Waals surface area contributed by atoms with Crippen LogP contribution in [0.2, 0.25) is 0 Å². The van der Waals surface area contributed by atoms with Gasteiger partial charge in [-0.25, -0.2) is 9.78 Å². The lowest BCUT2D eigenvalue weighted by Gasteiger charge is -2.35. The SMILES string of the molecule is CC1CCCC(OC(=O)N2CCN(Cc3cnc[nH]3)CC2)C1. The van der Waals surface area contributed by atoms with Gasteiger partial charge in [-0.3, -0.25) is 4.90 Å². The van der Waals surface area contributed by atoms with Crippen LogP contribution in [0.15, 0.2) is 12.5 Å². The molecule has 22 heavy (non-hydrogen) atoms. The normalized spacial score (nSPS) is 26.9. The summed E-state index contributed by atoms with van der Waals surface area (Å²) in [5, 5.41) is 0. The lowest BCUT2D eigenvalue weighted by molar-refractivity contribution is 0.0242. The maximum Gasteiger partial charge on any atom is 0.410 e. The smallest absolute Gasteiger partial charge is 0.410 e. The fraction of sp³-hybridized carbons (Fsp3) is 0.750. The summed E-state index contributed by atoms with van der Waals surface area (Å²) in [6.07, 6.45) is 8.04. The van der Waals surface area contributed by atoms with Gasteiger partial charge in [-0.2, -0.15) is 0 Å². The average molecular weight is 306 g/mol. The third-order valence-electron chi connectivity index (χ3n) is 4.74. The molecule has 1 aliphatic heterocycles. The highest BCUT2D eigenvalue weighted by Crippen LogP contribution is 2.26. The number of amides is 1. The van der Waals surface area contributed by atoms with Crippen LogP contribution in [0.25, 0.3) is 0 Å². The number of piperazine rings is 1. The van der Waals surface area contributed by atoms with Gasteiger partial charge in [0.1, 0.15) is 6.10 Å². The van der Waals surface area contributed by atoms with Crippen LogP contribution >= 0.6 is 0 Å². The van der Waals surface area contributed by atoms with Crippen molar-refractivity contribution in [2.75, 3.05) is 26.2 Å². The van der Waals surface area contributed by atoms with Crippen molar-refractivity contribution in [2.45, 2.75) is 45.3 Å². The quantitative estimate of drug-likeness (QED) is 0.930. The summed E-state index contributed by atoms with van der Waals surface area (Å²) in [6, 6.07) is 0. The van der Waals surface area contributed by atoms with Crippen LogP contribution in [-0.2, 0) is 11.3 Å². The van der Waals surface area contributed by atoms with Gasteiger partial charge in [-0.1, -0.05) is 13.3 Å². The molecular weight excluding hydrogens is 280 g/mol.